The van der Waals surface area contributed by atoms with Crippen LogP contribution in [0.5, 0.6) is 0 Å². The first-order chi connectivity index (χ1) is 6.91. The van der Waals surface area contributed by atoms with Crippen LogP contribution in [0, 0.1) is 17.5 Å². The first kappa shape index (κ1) is 11.5. The van der Waals surface area contributed by atoms with E-state index in [0.29, 0.717) is 12.1 Å². The number of halogens is 3. The lowest BCUT2D eigenvalue weighted by Crippen LogP contribution is -2.33. The zero-order valence-corrected chi connectivity index (χ0v) is 7.51. The summed E-state index contributed by atoms with van der Waals surface area (Å²) in [5.41, 5.74) is 4.58. The van der Waals surface area contributed by atoms with Crippen molar-refractivity contribution in [2.24, 2.45) is 5.73 Å². The summed E-state index contributed by atoms with van der Waals surface area (Å²) >= 11 is 0. The van der Waals surface area contributed by atoms with E-state index in [1.165, 1.54) is 0 Å². The zero-order chi connectivity index (χ0) is 11.6. The average molecular weight is 219 g/mol. The molecular formula is C9H8F3NO2. The summed E-state index contributed by atoms with van der Waals surface area (Å²) in [6.45, 7) is 0. The van der Waals surface area contributed by atoms with Gasteiger partial charge in [0.2, 0.25) is 0 Å². The largest absolute Gasteiger partial charge is 0.480 e. The topological polar surface area (TPSA) is 63.3 Å². The molecule has 1 aromatic rings. The minimum Gasteiger partial charge on any atom is -0.480 e. The molecule has 0 spiro atoms. The summed E-state index contributed by atoms with van der Waals surface area (Å²) < 4.78 is 38.5. The van der Waals surface area contributed by atoms with Crippen LogP contribution in [0.15, 0.2) is 12.1 Å². The molecule has 0 aromatic heterocycles. The predicted molar refractivity (Wildman–Crippen MR) is 45.6 cm³/mol. The lowest BCUT2D eigenvalue weighted by molar-refractivity contribution is -0.138. The Hall–Kier alpha value is -1.56. The molecule has 0 aliphatic heterocycles. The fourth-order valence-electron chi connectivity index (χ4n) is 1.07. The quantitative estimate of drug-likeness (QED) is 0.798. The molecule has 0 bridgehead atoms. The number of hydrogen-bond acceptors (Lipinski definition) is 2. The number of rotatable bonds is 3. The van der Waals surface area contributed by atoms with Crippen molar-refractivity contribution in [3.63, 3.8) is 0 Å². The van der Waals surface area contributed by atoms with Crippen molar-refractivity contribution in [3.05, 3.63) is 35.1 Å². The summed E-state index contributed by atoms with van der Waals surface area (Å²) in [6, 6.07) is -0.459. The third-order valence-corrected chi connectivity index (χ3v) is 1.85. The molecule has 0 radical (unpaired) electrons. The third-order valence-electron chi connectivity index (χ3n) is 1.85. The van der Waals surface area contributed by atoms with Crippen molar-refractivity contribution in [3.8, 4) is 0 Å². The summed E-state index contributed by atoms with van der Waals surface area (Å²) in [6.07, 6.45) is -0.521. The Bertz CT molecular complexity index is 372. The average Bonchev–Trinajstić information content (AvgIpc) is 2.10. The minimum absolute atomic E-state index is 0.479. The second kappa shape index (κ2) is 4.31. The summed E-state index contributed by atoms with van der Waals surface area (Å²) in [7, 11) is 0. The van der Waals surface area contributed by atoms with Gasteiger partial charge in [0, 0.05) is 24.1 Å². The third kappa shape index (κ3) is 2.69. The van der Waals surface area contributed by atoms with Gasteiger partial charge < -0.3 is 10.8 Å². The molecular weight excluding hydrogens is 211 g/mol. The Labute approximate surface area is 83.3 Å². The van der Waals surface area contributed by atoms with E-state index in [-0.39, 0.29) is 0 Å². The Morgan fingerprint density at radius 1 is 1.33 bits per heavy atom. The van der Waals surface area contributed by atoms with Crippen molar-refractivity contribution in [1.29, 1.82) is 0 Å². The highest BCUT2D eigenvalue weighted by Crippen LogP contribution is 2.16. The Morgan fingerprint density at radius 3 is 2.20 bits per heavy atom. The SMILES string of the molecule is N[C@H](Cc1c(F)cc(F)cc1F)C(=O)O. The maximum absolute atomic E-state index is 13.0. The van der Waals surface area contributed by atoms with E-state index in [0.717, 1.165) is 0 Å². The molecule has 6 heteroatoms. The second-order valence-corrected chi connectivity index (χ2v) is 3.00. The van der Waals surface area contributed by atoms with Crippen LogP contribution in [-0.2, 0) is 11.2 Å². The molecule has 0 unspecified atom stereocenters. The smallest absolute Gasteiger partial charge is 0.320 e. The van der Waals surface area contributed by atoms with E-state index in [4.69, 9.17) is 10.8 Å². The van der Waals surface area contributed by atoms with E-state index in [1.54, 1.807) is 0 Å². The Kier molecular flexibility index (Phi) is 3.31. The number of carboxylic acids is 1. The molecule has 15 heavy (non-hydrogen) atoms. The van der Waals surface area contributed by atoms with Crippen LogP contribution < -0.4 is 5.73 Å². The lowest BCUT2D eigenvalue weighted by Gasteiger charge is -2.08. The van der Waals surface area contributed by atoms with Gasteiger partial charge in [-0.3, -0.25) is 4.79 Å². The van der Waals surface area contributed by atoms with Gasteiger partial charge in [-0.1, -0.05) is 0 Å². The van der Waals surface area contributed by atoms with Crippen molar-refractivity contribution in [2.45, 2.75) is 12.5 Å². The van der Waals surface area contributed by atoms with Gasteiger partial charge in [0.15, 0.2) is 0 Å². The van der Waals surface area contributed by atoms with E-state index in [1.807, 2.05) is 0 Å². The summed E-state index contributed by atoms with van der Waals surface area (Å²) in [5.74, 6) is -4.70. The molecule has 1 rings (SSSR count). The van der Waals surface area contributed by atoms with E-state index < -0.39 is 41.4 Å². The van der Waals surface area contributed by atoms with Gasteiger partial charge in [-0.05, 0) is 0 Å². The molecule has 0 aliphatic carbocycles. The van der Waals surface area contributed by atoms with E-state index in [9.17, 15) is 18.0 Å². The normalized spacial score (nSPS) is 12.5. The molecule has 0 aliphatic rings. The van der Waals surface area contributed by atoms with Crippen LogP contribution in [0.3, 0.4) is 0 Å². The zero-order valence-electron chi connectivity index (χ0n) is 7.51. The van der Waals surface area contributed by atoms with Gasteiger partial charge >= 0.3 is 5.97 Å². The fraction of sp³-hybridized carbons (Fsp3) is 0.222. The lowest BCUT2D eigenvalue weighted by atomic mass is 10.1. The van der Waals surface area contributed by atoms with Crippen molar-refractivity contribution in [2.75, 3.05) is 0 Å². The molecule has 3 N–H and O–H groups in total. The second-order valence-electron chi connectivity index (χ2n) is 3.00. The predicted octanol–water partition coefficient (Wildman–Crippen LogP) is 1.06. The van der Waals surface area contributed by atoms with Crippen LogP contribution in [0.1, 0.15) is 5.56 Å². The molecule has 1 aromatic carbocycles. The highest BCUT2D eigenvalue weighted by atomic mass is 19.1. The van der Waals surface area contributed by atoms with E-state index >= 15 is 0 Å². The van der Waals surface area contributed by atoms with Gasteiger partial charge in [-0.15, -0.1) is 0 Å². The summed E-state index contributed by atoms with van der Waals surface area (Å²) in [5, 5.41) is 8.44. The molecule has 0 fully saturated rings. The molecule has 82 valence electrons. The van der Waals surface area contributed by atoms with Crippen LogP contribution in [0.4, 0.5) is 13.2 Å². The van der Waals surface area contributed by atoms with E-state index in [2.05, 4.69) is 0 Å². The molecule has 3 nitrogen and oxygen atoms in total. The highest BCUT2D eigenvalue weighted by Gasteiger charge is 2.18. The minimum atomic E-state index is -1.42. The Morgan fingerprint density at radius 2 is 1.80 bits per heavy atom. The van der Waals surface area contributed by atoms with Crippen LogP contribution in [0.2, 0.25) is 0 Å². The summed E-state index contributed by atoms with van der Waals surface area (Å²) in [4.78, 5) is 10.3. The first-order valence-electron chi connectivity index (χ1n) is 4.03. The van der Waals surface area contributed by atoms with Crippen LogP contribution >= 0.6 is 0 Å². The molecule has 0 saturated carbocycles. The van der Waals surface area contributed by atoms with Crippen molar-refractivity contribution >= 4 is 5.97 Å². The number of carbonyl (C=O) groups is 1. The fourth-order valence-corrected chi connectivity index (χ4v) is 1.07. The van der Waals surface area contributed by atoms with Crippen molar-refractivity contribution < 1.29 is 23.1 Å². The highest BCUT2D eigenvalue weighted by molar-refractivity contribution is 5.73. The number of nitrogens with two attached hydrogens (primary N) is 1. The number of carboxylic acid groups (broad SMARTS) is 1. The van der Waals surface area contributed by atoms with Gasteiger partial charge in [-0.2, -0.15) is 0 Å². The number of benzene rings is 1. The van der Waals surface area contributed by atoms with Crippen LogP contribution in [-0.4, -0.2) is 17.1 Å². The molecule has 0 saturated heterocycles. The molecule has 0 amide bonds. The monoisotopic (exact) mass is 219 g/mol. The van der Waals surface area contributed by atoms with Gasteiger partial charge in [0.25, 0.3) is 0 Å². The number of aliphatic carboxylic acids is 1. The maximum atomic E-state index is 13.0. The number of hydrogen-bond donors (Lipinski definition) is 2. The van der Waals surface area contributed by atoms with Gasteiger partial charge in [-0.25, -0.2) is 13.2 Å². The molecule has 0 heterocycles. The first-order valence-corrected chi connectivity index (χ1v) is 4.03. The van der Waals surface area contributed by atoms with Crippen LogP contribution in [0.25, 0.3) is 0 Å². The molecule has 1 atom stereocenters. The van der Waals surface area contributed by atoms with Gasteiger partial charge in [0.1, 0.15) is 23.5 Å². The van der Waals surface area contributed by atoms with Crippen molar-refractivity contribution in [1.82, 2.24) is 0 Å². The standard InChI is InChI=1S/C9H8F3NO2/c10-4-1-6(11)5(7(12)2-4)3-8(13)9(14)15/h1-2,8H,3,13H2,(H,14,15)/t8-/m1/s1. The maximum Gasteiger partial charge on any atom is 0.320 e. The Balaban J connectivity index is 3.00. The van der Waals surface area contributed by atoms with Gasteiger partial charge in [0.05, 0.1) is 0 Å².